The second kappa shape index (κ2) is 4.25. The largest absolute Gasteiger partial charge is 0.480 e. The lowest BCUT2D eigenvalue weighted by molar-refractivity contribution is -0.139. The summed E-state index contributed by atoms with van der Waals surface area (Å²) in [5.74, 6) is -0.379. The first-order valence-corrected chi connectivity index (χ1v) is 5.62. The average Bonchev–Trinajstić information content (AvgIpc) is 2.61. The first-order chi connectivity index (χ1) is 7.59. The number of nitrogens with two attached hydrogens (primary N) is 1. The molecule has 1 aliphatic rings. The van der Waals surface area contributed by atoms with E-state index in [1.165, 1.54) is 24.8 Å². The molecule has 16 heavy (non-hydrogen) atoms. The Bertz CT molecular complexity index is 384. The zero-order chi connectivity index (χ0) is 11.7. The zero-order valence-electron chi connectivity index (χ0n) is 9.34. The Labute approximate surface area is 94.2 Å². The lowest BCUT2D eigenvalue weighted by Gasteiger charge is -2.24. The quantitative estimate of drug-likeness (QED) is 0.801. The first-order valence-electron chi connectivity index (χ1n) is 5.62. The Kier molecular flexibility index (Phi) is 2.96. The standard InChI is InChI=1S/C11H17N3O2/c1-7(10(12)11(15)16)14-6-9(5-13-14)8-3-2-4-8/h5-8,10H,2-4,12H2,1H3,(H,15,16). The number of carbonyl (C=O) groups is 1. The lowest BCUT2D eigenvalue weighted by Crippen LogP contribution is -2.38. The summed E-state index contributed by atoms with van der Waals surface area (Å²) >= 11 is 0. The van der Waals surface area contributed by atoms with Gasteiger partial charge in [0.15, 0.2) is 0 Å². The molecule has 0 bridgehead atoms. The van der Waals surface area contributed by atoms with Gasteiger partial charge in [-0.2, -0.15) is 5.10 Å². The van der Waals surface area contributed by atoms with E-state index in [0.29, 0.717) is 5.92 Å². The van der Waals surface area contributed by atoms with Crippen LogP contribution in [-0.4, -0.2) is 26.9 Å². The third-order valence-electron chi connectivity index (χ3n) is 3.42. The Hall–Kier alpha value is -1.36. The molecule has 0 aliphatic heterocycles. The van der Waals surface area contributed by atoms with E-state index in [1.807, 2.05) is 12.4 Å². The number of rotatable bonds is 4. The van der Waals surface area contributed by atoms with Crippen molar-refractivity contribution >= 4 is 5.97 Å². The van der Waals surface area contributed by atoms with Crippen molar-refractivity contribution in [2.45, 2.75) is 44.2 Å². The fourth-order valence-corrected chi connectivity index (χ4v) is 1.90. The summed E-state index contributed by atoms with van der Waals surface area (Å²) in [5, 5.41) is 13.0. The molecule has 88 valence electrons. The predicted molar refractivity (Wildman–Crippen MR) is 59.1 cm³/mol. The van der Waals surface area contributed by atoms with Gasteiger partial charge in [0.1, 0.15) is 6.04 Å². The highest BCUT2D eigenvalue weighted by molar-refractivity contribution is 5.73. The van der Waals surface area contributed by atoms with Crippen LogP contribution < -0.4 is 5.73 Å². The van der Waals surface area contributed by atoms with E-state index in [2.05, 4.69) is 5.10 Å². The van der Waals surface area contributed by atoms with E-state index in [0.717, 1.165) is 0 Å². The molecule has 2 unspecified atom stereocenters. The Morgan fingerprint density at radius 2 is 2.38 bits per heavy atom. The lowest BCUT2D eigenvalue weighted by atomic mass is 9.81. The minimum Gasteiger partial charge on any atom is -0.480 e. The van der Waals surface area contributed by atoms with Gasteiger partial charge in [-0.1, -0.05) is 6.42 Å². The van der Waals surface area contributed by atoms with Gasteiger partial charge in [-0.15, -0.1) is 0 Å². The Morgan fingerprint density at radius 1 is 1.69 bits per heavy atom. The van der Waals surface area contributed by atoms with Crippen molar-refractivity contribution in [2.24, 2.45) is 5.73 Å². The molecule has 1 saturated carbocycles. The van der Waals surface area contributed by atoms with Crippen molar-refractivity contribution in [3.05, 3.63) is 18.0 Å². The molecule has 0 radical (unpaired) electrons. The molecular weight excluding hydrogens is 206 g/mol. The highest BCUT2D eigenvalue weighted by Crippen LogP contribution is 2.36. The second-order valence-corrected chi connectivity index (χ2v) is 4.49. The molecule has 2 atom stereocenters. The van der Waals surface area contributed by atoms with E-state index >= 15 is 0 Å². The topological polar surface area (TPSA) is 81.1 Å². The fourth-order valence-electron chi connectivity index (χ4n) is 1.90. The maximum absolute atomic E-state index is 10.8. The van der Waals surface area contributed by atoms with E-state index in [4.69, 9.17) is 10.8 Å². The fraction of sp³-hybridized carbons (Fsp3) is 0.636. The van der Waals surface area contributed by atoms with Gasteiger partial charge in [-0.05, 0) is 31.2 Å². The maximum atomic E-state index is 10.8. The molecule has 2 rings (SSSR count). The van der Waals surface area contributed by atoms with Crippen molar-refractivity contribution in [1.29, 1.82) is 0 Å². The van der Waals surface area contributed by atoms with Crippen LogP contribution in [0.25, 0.3) is 0 Å². The summed E-state index contributed by atoms with van der Waals surface area (Å²) in [6.07, 6.45) is 7.46. The van der Waals surface area contributed by atoms with Gasteiger partial charge in [0.25, 0.3) is 0 Å². The van der Waals surface area contributed by atoms with Crippen LogP contribution in [-0.2, 0) is 4.79 Å². The summed E-state index contributed by atoms with van der Waals surface area (Å²) in [6.45, 7) is 1.77. The molecule has 1 heterocycles. The van der Waals surface area contributed by atoms with Crippen LogP contribution in [0.1, 0.15) is 43.7 Å². The summed E-state index contributed by atoms with van der Waals surface area (Å²) in [5.41, 5.74) is 6.77. The summed E-state index contributed by atoms with van der Waals surface area (Å²) in [7, 11) is 0. The van der Waals surface area contributed by atoms with Crippen LogP contribution in [0.15, 0.2) is 12.4 Å². The predicted octanol–water partition coefficient (Wildman–Crippen LogP) is 1.12. The zero-order valence-corrected chi connectivity index (χ0v) is 9.34. The summed E-state index contributed by atoms with van der Waals surface area (Å²) in [4.78, 5) is 10.8. The molecule has 3 N–H and O–H groups in total. The minimum atomic E-state index is -0.992. The molecule has 1 aromatic rings. The third kappa shape index (κ3) is 1.95. The van der Waals surface area contributed by atoms with Crippen LogP contribution in [0.5, 0.6) is 0 Å². The smallest absolute Gasteiger partial charge is 0.322 e. The molecule has 1 aromatic heterocycles. The molecule has 0 saturated heterocycles. The molecule has 1 fully saturated rings. The number of aromatic nitrogens is 2. The van der Waals surface area contributed by atoms with Gasteiger partial charge in [0, 0.05) is 6.20 Å². The van der Waals surface area contributed by atoms with Crippen LogP contribution in [0, 0.1) is 0 Å². The molecular formula is C11H17N3O2. The van der Waals surface area contributed by atoms with Gasteiger partial charge >= 0.3 is 5.97 Å². The average molecular weight is 223 g/mol. The van der Waals surface area contributed by atoms with Gasteiger partial charge in [0.05, 0.1) is 12.2 Å². The number of carboxylic acid groups (broad SMARTS) is 1. The highest BCUT2D eigenvalue weighted by atomic mass is 16.4. The monoisotopic (exact) mass is 223 g/mol. The molecule has 5 heteroatoms. The minimum absolute atomic E-state index is 0.314. The van der Waals surface area contributed by atoms with E-state index < -0.39 is 12.0 Å². The molecule has 0 amide bonds. The third-order valence-corrected chi connectivity index (χ3v) is 3.42. The number of aliphatic carboxylic acids is 1. The van der Waals surface area contributed by atoms with Crippen LogP contribution >= 0.6 is 0 Å². The van der Waals surface area contributed by atoms with E-state index in [9.17, 15) is 4.79 Å². The highest BCUT2D eigenvalue weighted by Gasteiger charge is 2.25. The van der Waals surface area contributed by atoms with Crippen LogP contribution in [0.2, 0.25) is 0 Å². The van der Waals surface area contributed by atoms with E-state index in [1.54, 1.807) is 11.6 Å². The molecule has 1 aliphatic carbocycles. The molecule has 0 aromatic carbocycles. The number of nitrogens with zero attached hydrogens (tertiary/aromatic N) is 2. The normalized spacial score (nSPS) is 20.1. The van der Waals surface area contributed by atoms with Crippen molar-refractivity contribution in [3.63, 3.8) is 0 Å². The number of hydrogen-bond acceptors (Lipinski definition) is 3. The summed E-state index contributed by atoms with van der Waals surface area (Å²) < 4.78 is 1.66. The van der Waals surface area contributed by atoms with Gasteiger partial charge in [-0.25, -0.2) is 0 Å². The number of carboxylic acids is 1. The van der Waals surface area contributed by atoms with Crippen molar-refractivity contribution in [1.82, 2.24) is 9.78 Å². The molecule has 5 nitrogen and oxygen atoms in total. The van der Waals surface area contributed by atoms with Gasteiger partial charge < -0.3 is 10.8 Å². The Balaban J connectivity index is 2.08. The van der Waals surface area contributed by atoms with Gasteiger partial charge in [0.2, 0.25) is 0 Å². The SMILES string of the molecule is CC(C(N)C(=O)O)n1cc(C2CCC2)cn1. The summed E-state index contributed by atoms with van der Waals surface area (Å²) in [6, 6.07) is -1.22. The van der Waals surface area contributed by atoms with Crippen LogP contribution in [0.4, 0.5) is 0 Å². The second-order valence-electron chi connectivity index (χ2n) is 4.49. The van der Waals surface area contributed by atoms with Crippen molar-refractivity contribution in [3.8, 4) is 0 Å². The number of hydrogen-bond donors (Lipinski definition) is 2. The Morgan fingerprint density at radius 3 is 2.88 bits per heavy atom. The van der Waals surface area contributed by atoms with Crippen molar-refractivity contribution in [2.75, 3.05) is 0 Å². The maximum Gasteiger partial charge on any atom is 0.322 e. The molecule has 0 spiro atoms. The van der Waals surface area contributed by atoms with E-state index in [-0.39, 0.29) is 6.04 Å². The van der Waals surface area contributed by atoms with Crippen molar-refractivity contribution < 1.29 is 9.90 Å². The van der Waals surface area contributed by atoms with Gasteiger partial charge in [-0.3, -0.25) is 9.48 Å². The van der Waals surface area contributed by atoms with Crippen LogP contribution in [0.3, 0.4) is 0 Å². The first kappa shape index (κ1) is 11.1.